The van der Waals surface area contributed by atoms with Crippen LogP contribution in [0, 0.1) is 18.6 Å². The summed E-state index contributed by atoms with van der Waals surface area (Å²) in [5, 5.41) is 20.4. The zero-order valence-corrected chi connectivity index (χ0v) is 14.9. The summed E-state index contributed by atoms with van der Waals surface area (Å²) in [5.74, 6) is -0.116. The van der Waals surface area contributed by atoms with Gasteiger partial charge in [-0.1, -0.05) is 12.1 Å². The smallest absolute Gasteiger partial charge is 0.153 e. The number of aromatic amines is 1. The number of aliphatic hydroxyl groups excluding tert-OH is 1. The van der Waals surface area contributed by atoms with Gasteiger partial charge in [-0.2, -0.15) is 5.10 Å². The van der Waals surface area contributed by atoms with Crippen LogP contribution < -0.4 is 5.32 Å². The maximum Gasteiger partial charge on any atom is 0.153 e. The molecule has 0 radical (unpaired) electrons. The third-order valence-electron chi connectivity index (χ3n) is 4.39. The number of nitrogens with one attached hydrogen (secondary N) is 2. The number of aryl methyl sites for hydroxylation is 1. The molecule has 0 fully saturated rings. The van der Waals surface area contributed by atoms with Crippen molar-refractivity contribution in [1.82, 2.24) is 20.2 Å². The second-order valence-electron chi connectivity index (χ2n) is 6.44. The Hall–Kier alpha value is -3.39. The number of rotatable bonds is 5. The Bertz CT molecular complexity index is 1130. The van der Waals surface area contributed by atoms with Crippen molar-refractivity contribution in [3.05, 3.63) is 77.2 Å². The molecular formula is C20H17F2N5O. The molecule has 28 heavy (non-hydrogen) atoms. The molecule has 1 atom stereocenters. The lowest BCUT2D eigenvalue weighted by atomic mass is 9.99. The summed E-state index contributed by atoms with van der Waals surface area (Å²) in [5.41, 5.74) is 2.04. The first-order valence-corrected chi connectivity index (χ1v) is 8.66. The molecule has 4 rings (SSSR count). The van der Waals surface area contributed by atoms with E-state index in [0.717, 1.165) is 5.69 Å². The van der Waals surface area contributed by atoms with Crippen molar-refractivity contribution in [3.63, 3.8) is 0 Å². The maximum atomic E-state index is 13.8. The molecule has 0 saturated carbocycles. The van der Waals surface area contributed by atoms with E-state index in [1.807, 2.05) is 6.92 Å². The maximum absolute atomic E-state index is 13.8. The van der Waals surface area contributed by atoms with Crippen LogP contribution in [0.2, 0.25) is 0 Å². The molecule has 0 aliphatic heterocycles. The summed E-state index contributed by atoms with van der Waals surface area (Å²) < 4.78 is 27.1. The molecule has 142 valence electrons. The van der Waals surface area contributed by atoms with Crippen molar-refractivity contribution in [2.45, 2.75) is 12.8 Å². The van der Waals surface area contributed by atoms with Gasteiger partial charge >= 0.3 is 0 Å². The van der Waals surface area contributed by atoms with Crippen LogP contribution in [0.1, 0.15) is 23.0 Å². The predicted octanol–water partition coefficient (Wildman–Crippen LogP) is 3.81. The molecule has 2 aromatic carbocycles. The van der Waals surface area contributed by atoms with Crippen molar-refractivity contribution in [3.8, 4) is 0 Å². The first kappa shape index (κ1) is 18.0. The monoisotopic (exact) mass is 381 g/mol. The van der Waals surface area contributed by atoms with E-state index in [0.29, 0.717) is 33.9 Å². The average molecular weight is 381 g/mol. The predicted molar refractivity (Wildman–Crippen MR) is 101 cm³/mol. The zero-order chi connectivity index (χ0) is 19.7. The molecule has 0 saturated heterocycles. The van der Waals surface area contributed by atoms with Crippen molar-refractivity contribution < 1.29 is 13.9 Å². The number of aliphatic hydroxyl groups is 1. The standard InChI is InChI=1S/C20H17F2N5O/c1-11-8-18(27-26-11)24-19-15-9-14(22)6-7-17(15)23-20(25-19)16(10-28)12-2-4-13(21)5-3-12/h2-9,16,28H,10H2,1H3,(H2,23,24,25,26,27). The molecule has 0 aliphatic rings. The Kier molecular flexibility index (Phi) is 4.70. The molecule has 8 heteroatoms. The highest BCUT2D eigenvalue weighted by atomic mass is 19.1. The fourth-order valence-electron chi connectivity index (χ4n) is 3.00. The lowest BCUT2D eigenvalue weighted by molar-refractivity contribution is 0.277. The van der Waals surface area contributed by atoms with Crippen LogP contribution in [0.3, 0.4) is 0 Å². The molecule has 6 nitrogen and oxygen atoms in total. The van der Waals surface area contributed by atoms with Gasteiger partial charge in [0.05, 0.1) is 18.0 Å². The van der Waals surface area contributed by atoms with Gasteiger partial charge in [0.2, 0.25) is 0 Å². The minimum Gasteiger partial charge on any atom is -0.395 e. The number of hydrogen-bond acceptors (Lipinski definition) is 5. The largest absolute Gasteiger partial charge is 0.395 e. The lowest BCUT2D eigenvalue weighted by Crippen LogP contribution is -2.12. The second kappa shape index (κ2) is 7.32. The fraction of sp³-hybridized carbons (Fsp3) is 0.150. The zero-order valence-electron chi connectivity index (χ0n) is 14.9. The van der Waals surface area contributed by atoms with E-state index in [1.165, 1.54) is 24.3 Å². The molecule has 0 amide bonds. The average Bonchev–Trinajstić information content (AvgIpc) is 3.09. The normalized spacial score (nSPS) is 12.3. The summed E-state index contributed by atoms with van der Waals surface area (Å²) in [6, 6.07) is 11.8. The van der Waals surface area contributed by atoms with Crippen LogP contribution in [0.4, 0.5) is 20.4 Å². The second-order valence-corrected chi connectivity index (χ2v) is 6.44. The van der Waals surface area contributed by atoms with E-state index in [2.05, 4.69) is 25.5 Å². The first-order valence-electron chi connectivity index (χ1n) is 8.66. The molecule has 0 spiro atoms. The van der Waals surface area contributed by atoms with E-state index in [9.17, 15) is 13.9 Å². The molecule has 0 aliphatic carbocycles. The Morgan fingerprint density at radius 2 is 1.79 bits per heavy atom. The van der Waals surface area contributed by atoms with Gasteiger partial charge in [-0.05, 0) is 42.8 Å². The number of halogens is 2. The van der Waals surface area contributed by atoms with Gasteiger partial charge in [-0.25, -0.2) is 18.7 Å². The first-order chi connectivity index (χ1) is 13.5. The van der Waals surface area contributed by atoms with Gasteiger partial charge in [-0.15, -0.1) is 0 Å². The van der Waals surface area contributed by atoms with Gasteiger partial charge in [0, 0.05) is 17.1 Å². The van der Waals surface area contributed by atoms with Crippen LogP contribution in [-0.2, 0) is 0 Å². The third-order valence-corrected chi connectivity index (χ3v) is 4.39. The van der Waals surface area contributed by atoms with Gasteiger partial charge in [0.15, 0.2) is 5.82 Å². The van der Waals surface area contributed by atoms with Crippen LogP contribution in [-0.4, -0.2) is 31.9 Å². The number of H-pyrrole nitrogens is 1. The summed E-state index contributed by atoms with van der Waals surface area (Å²) in [4.78, 5) is 9.01. The Morgan fingerprint density at radius 3 is 2.46 bits per heavy atom. The van der Waals surface area contributed by atoms with Crippen LogP contribution >= 0.6 is 0 Å². The Labute approximate surface area is 159 Å². The summed E-state index contributed by atoms with van der Waals surface area (Å²) in [7, 11) is 0. The minimum absolute atomic E-state index is 0.265. The fourth-order valence-corrected chi connectivity index (χ4v) is 3.00. The molecule has 3 N–H and O–H groups in total. The van der Waals surface area contributed by atoms with Gasteiger partial charge < -0.3 is 10.4 Å². The highest BCUT2D eigenvalue weighted by molar-refractivity contribution is 5.90. The van der Waals surface area contributed by atoms with Crippen molar-refractivity contribution in [1.29, 1.82) is 0 Å². The highest BCUT2D eigenvalue weighted by Crippen LogP contribution is 2.29. The third kappa shape index (κ3) is 3.54. The van der Waals surface area contributed by atoms with E-state index < -0.39 is 11.7 Å². The van der Waals surface area contributed by atoms with Gasteiger partial charge in [0.1, 0.15) is 23.3 Å². The molecule has 1 unspecified atom stereocenters. The van der Waals surface area contributed by atoms with E-state index in [-0.39, 0.29) is 12.4 Å². The number of benzene rings is 2. The lowest BCUT2D eigenvalue weighted by Gasteiger charge is -2.16. The molecule has 2 heterocycles. The molecular weight excluding hydrogens is 364 g/mol. The van der Waals surface area contributed by atoms with Crippen molar-refractivity contribution in [2.24, 2.45) is 0 Å². The van der Waals surface area contributed by atoms with E-state index in [4.69, 9.17) is 0 Å². The summed E-state index contributed by atoms with van der Waals surface area (Å²) in [6.07, 6.45) is 0. The molecule has 0 bridgehead atoms. The number of hydrogen-bond donors (Lipinski definition) is 3. The summed E-state index contributed by atoms with van der Waals surface area (Å²) in [6.45, 7) is 1.59. The quantitative estimate of drug-likeness (QED) is 0.489. The highest BCUT2D eigenvalue weighted by Gasteiger charge is 2.20. The van der Waals surface area contributed by atoms with Crippen molar-refractivity contribution >= 4 is 22.5 Å². The molecule has 2 aromatic heterocycles. The van der Waals surface area contributed by atoms with Crippen LogP contribution in [0.5, 0.6) is 0 Å². The topological polar surface area (TPSA) is 86.7 Å². The number of fused-ring (bicyclic) bond motifs is 1. The number of aromatic nitrogens is 4. The minimum atomic E-state index is -0.559. The number of anilines is 2. The number of nitrogens with zero attached hydrogens (tertiary/aromatic N) is 3. The van der Waals surface area contributed by atoms with Gasteiger partial charge in [0.25, 0.3) is 0 Å². The van der Waals surface area contributed by atoms with Crippen LogP contribution in [0.25, 0.3) is 10.9 Å². The summed E-state index contributed by atoms with van der Waals surface area (Å²) >= 11 is 0. The van der Waals surface area contributed by atoms with E-state index >= 15 is 0 Å². The Morgan fingerprint density at radius 1 is 1.04 bits per heavy atom. The van der Waals surface area contributed by atoms with E-state index in [1.54, 1.807) is 24.3 Å². The van der Waals surface area contributed by atoms with Crippen LogP contribution in [0.15, 0.2) is 48.5 Å². The van der Waals surface area contributed by atoms with Gasteiger partial charge in [-0.3, -0.25) is 5.10 Å². The SMILES string of the molecule is Cc1cc(Nc2nc(C(CO)c3ccc(F)cc3)nc3ccc(F)cc23)n[nH]1. The molecule has 4 aromatic rings. The van der Waals surface area contributed by atoms with Crippen molar-refractivity contribution in [2.75, 3.05) is 11.9 Å². The Balaban J connectivity index is 1.84.